The van der Waals surface area contributed by atoms with Gasteiger partial charge in [0.15, 0.2) is 0 Å². The maximum absolute atomic E-state index is 12.4. The first-order valence-electron chi connectivity index (χ1n) is 8.49. The van der Waals surface area contributed by atoms with Crippen molar-refractivity contribution in [3.63, 3.8) is 0 Å². The van der Waals surface area contributed by atoms with Gasteiger partial charge in [0.05, 0.1) is 15.6 Å². The number of nitrogens with zero attached hydrogens (tertiary/aromatic N) is 1. The number of anilines is 1. The molecule has 2 heterocycles. The van der Waals surface area contributed by atoms with Crippen LogP contribution in [-0.2, 0) is 0 Å². The first kappa shape index (κ1) is 18.8. The number of halogens is 1. The number of carbonyl (C=O) groups excluding carboxylic acids is 2. The Hall–Kier alpha value is -1.93. The fraction of sp³-hybridized carbons (Fsp3) is 0.333. The number of amides is 2. The molecule has 2 amide bonds. The Bertz CT molecular complexity index is 761. The van der Waals surface area contributed by atoms with E-state index in [2.05, 4.69) is 20.9 Å². The zero-order valence-corrected chi connectivity index (χ0v) is 15.8. The third-order valence-electron chi connectivity index (χ3n) is 4.14. The van der Waals surface area contributed by atoms with Gasteiger partial charge in [0.1, 0.15) is 0 Å². The molecule has 0 bridgehead atoms. The van der Waals surface area contributed by atoms with Gasteiger partial charge in [0, 0.05) is 44.8 Å². The Labute approximate surface area is 161 Å². The molecular formula is C18H21ClN4O2S. The second-order valence-electron chi connectivity index (χ2n) is 5.97. The van der Waals surface area contributed by atoms with Crippen LogP contribution in [0.4, 0.5) is 5.69 Å². The standard InChI is InChI=1S/C18H21ClN4O2S/c19-14-4-3-13(12-15(14)22-18(25)16-2-1-11-26-16)17(24)21-7-10-23-8-5-20-6-9-23/h1-4,11-12,20H,5-10H2,(H,21,24)(H,22,25). The molecule has 0 radical (unpaired) electrons. The molecule has 0 saturated carbocycles. The highest BCUT2D eigenvalue weighted by Gasteiger charge is 2.14. The van der Waals surface area contributed by atoms with Crippen LogP contribution in [0.5, 0.6) is 0 Å². The molecule has 0 unspecified atom stereocenters. The van der Waals surface area contributed by atoms with Crippen molar-refractivity contribution in [2.24, 2.45) is 0 Å². The van der Waals surface area contributed by atoms with Crippen molar-refractivity contribution >= 4 is 40.4 Å². The van der Waals surface area contributed by atoms with Gasteiger partial charge < -0.3 is 16.0 Å². The SMILES string of the molecule is O=C(NCCN1CCNCC1)c1ccc(Cl)c(NC(=O)c2cccs2)c1. The maximum atomic E-state index is 12.4. The number of hydrogen-bond donors (Lipinski definition) is 3. The maximum Gasteiger partial charge on any atom is 0.265 e. The molecule has 0 aliphatic carbocycles. The van der Waals surface area contributed by atoms with Crippen LogP contribution in [0.25, 0.3) is 0 Å². The third kappa shape index (κ3) is 5.04. The van der Waals surface area contributed by atoms with Gasteiger partial charge in [0.2, 0.25) is 0 Å². The Morgan fingerprint density at radius 2 is 2.00 bits per heavy atom. The minimum absolute atomic E-state index is 0.177. The van der Waals surface area contributed by atoms with Crippen LogP contribution in [0.15, 0.2) is 35.7 Å². The number of piperazine rings is 1. The van der Waals surface area contributed by atoms with Gasteiger partial charge in [0.25, 0.3) is 11.8 Å². The zero-order valence-electron chi connectivity index (χ0n) is 14.3. The first-order chi connectivity index (χ1) is 12.6. The average molecular weight is 393 g/mol. The summed E-state index contributed by atoms with van der Waals surface area (Å²) in [4.78, 5) is 27.5. The van der Waals surface area contributed by atoms with E-state index in [1.165, 1.54) is 11.3 Å². The van der Waals surface area contributed by atoms with E-state index < -0.39 is 0 Å². The summed E-state index contributed by atoms with van der Waals surface area (Å²) in [7, 11) is 0. The number of hydrogen-bond acceptors (Lipinski definition) is 5. The molecule has 1 aromatic carbocycles. The molecule has 8 heteroatoms. The largest absolute Gasteiger partial charge is 0.351 e. The molecule has 1 aromatic heterocycles. The van der Waals surface area contributed by atoms with Crippen LogP contribution in [-0.4, -0.2) is 56.0 Å². The minimum atomic E-state index is -0.238. The lowest BCUT2D eigenvalue weighted by Crippen LogP contribution is -2.46. The van der Waals surface area contributed by atoms with Crippen molar-refractivity contribution in [2.45, 2.75) is 0 Å². The average Bonchev–Trinajstić information content (AvgIpc) is 3.19. The number of carbonyl (C=O) groups is 2. The topological polar surface area (TPSA) is 73.5 Å². The van der Waals surface area contributed by atoms with E-state index in [9.17, 15) is 9.59 Å². The molecule has 1 saturated heterocycles. The Morgan fingerprint density at radius 1 is 1.19 bits per heavy atom. The summed E-state index contributed by atoms with van der Waals surface area (Å²) in [5, 5.41) is 11.2. The summed E-state index contributed by atoms with van der Waals surface area (Å²) in [6, 6.07) is 8.43. The van der Waals surface area contributed by atoms with Crippen LogP contribution in [0, 0.1) is 0 Å². The lowest BCUT2D eigenvalue weighted by atomic mass is 10.2. The number of nitrogens with one attached hydrogen (secondary N) is 3. The molecule has 1 aliphatic rings. The molecule has 0 atom stereocenters. The predicted octanol–water partition coefficient (Wildman–Crippen LogP) is 2.29. The molecule has 6 nitrogen and oxygen atoms in total. The highest BCUT2D eigenvalue weighted by Crippen LogP contribution is 2.24. The molecule has 1 aliphatic heterocycles. The van der Waals surface area contributed by atoms with Crippen molar-refractivity contribution in [1.82, 2.24) is 15.5 Å². The first-order valence-corrected chi connectivity index (χ1v) is 9.75. The van der Waals surface area contributed by atoms with Crippen LogP contribution >= 0.6 is 22.9 Å². The lowest BCUT2D eigenvalue weighted by molar-refractivity contribution is 0.0946. The second-order valence-corrected chi connectivity index (χ2v) is 7.33. The summed E-state index contributed by atoms with van der Waals surface area (Å²) in [5.41, 5.74) is 0.899. The molecule has 138 valence electrons. The number of rotatable bonds is 6. The van der Waals surface area contributed by atoms with E-state index in [4.69, 9.17) is 11.6 Å². The van der Waals surface area contributed by atoms with E-state index in [-0.39, 0.29) is 11.8 Å². The second kappa shape index (κ2) is 9.14. The Balaban J connectivity index is 1.57. The van der Waals surface area contributed by atoms with Gasteiger partial charge in [-0.1, -0.05) is 17.7 Å². The highest BCUT2D eigenvalue weighted by atomic mass is 35.5. The van der Waals surface area contributed by atoms with E-state index in [0.717, 1.165) is 32.7 Å². The molecule has 3 rings (SSSR count). The predicted molar refractivity (Wildman–Crippen MR) is 105 cm³/mol. The van der Waals surface area contributed by atoms with Gasteiger partial charge in [-0.05, 0) is 29.6 Å². The molecule has 3 N–H and O–H groups in total. The summed E-state index contributed by atoms with van der Waals surface area (Å²) in [6.07, 6.45) is 0. The van der Waals surface area contributed by atoms with Gasteiger partial charge in [-0.3, -0.25) is 14.5 Å². The van der Waals surface area contributed by atoms with E-state index in [0.29, 0.717) is 27.7 Å². The Morgan fingerprint density at radius 3 is 2.73 bits per heavy atom. The molecular weight excluding hydrogens is 372 g/mol. The van der Waals surface area contributed by atoms with Crippen LogP contribution < -0.4 is 16.0 Å². The smallest absolute Gasteiger partial charge is 0.265 e. The minimum Gasteiger partial charge on any atom is -0.351 e. The van der Waals surface area contributed by atoms with Crippen molar-refractivity contribution in [2.75, 3.05) is 44.6 Å². The van der Waals surface area contributed by atoms with Crippen LogP contribution in [0.3, 0.4) is 0 Å². The summed E-state index contributed by atoms with van der Waals surface area (Å²) in [6.45, 7) is 5.36. The van der Waals surface area contributed by atoms with Crippen molar-refractivity contribution in [3.05, 3.63) is 51.2 Å². The van der Waals surface area contributed by atoms with E-state index in [1.54, 1.807) is 24.3 Å². The van der Waals surface area contributed by atoms with Gasteiger partial charge in [-0.15, -0.1) is 11.3 Å². The van der Waals surface area contributed by atoms with Crippen molar-refractivity contribution in [3.8, 4) is 0 Å². The Kier molecular flexibility index (Phi) is 6.62. The monoisotopic (exact) mass is 392 g/mol. The van der Waals surface area contributed by atoms with Crippen LogP contribution in [0.1, 0.15) is 20.0 Å². The van der Waals surface area contributed by atoms with Crippen LogP contribution in [0.2, 0.25) is 5.02 Å². The quantitative estimate of drug-likeness (QED) is 0.705. The van der Waals surface area contributed by atoms with E-state index in [1.807, 2.05) is 11.4 Å². The lowest BCUT2D eigenvalue weighted by Gasteiger charge is -2.27. The van der Waals surface area contributed by atoms with Gasteiger partial charge >= 0.3 is 0 Å². The van der Waals surface area contributed by atoms with Gasteiger partial charge in [-0.25, -0.2) is 0 Å². The van der Waals surface area contributed by atoms with Gasteiger partial charge in [-0.2, -0.15) is 0 Å². The van der Waals surface area contributed by atoms with E-state index >= 15 is 0 Å². The van der Waals surface area contributed by atoms with Crippen molar-refractivity contribution < 1.29 is 9.59 Å². The summed E-state index contributed by atoms with van der Waals surface area (Å²) >= 11 is 7.50. The summed E-state index contributed by atoms with van der Waals surface area (Å²) < 4.78 is 0. The molecule has 0 spiro atoms. The third-order valence-corrected chi connectivity index (χ3v) is 5.34. The highest BCUT2D eigenvalue weighted by molar-refractivity contribution is 7.12. The van der Waals surface area contributed by atoms with Crippen molar-refractivity contribution in [1.29, 1.82) is 0 Å². The molecule has 1 fully saturated rings. The normalized spacial score (nSPS) is 14.8. The fourth-order valence-corrected chi connectivity index (χ4v) is 3.50. The number of benzene rings is 1. The zero-order chi connectivity index (χ0) is 18.4. The summed E-state index contributed by atoms with van der Waals surface area (Å²) in [5.74, 6) is -0.415. The number of thiophene rings is 1. The molecule has 26 heavy (non-hydrogen) atoms. The molecule has 2 aromatic rings. The fourth-order valence-electron chi connectivity index (χ4n) is 2.72.